The first-order valence-electron chi connectivity index (χ1n) is 6.03. The van der Waals surface area contributed by atoms with E-state index in [0.717, 1.165) is 17.7 Å². The van der Waals surface area contributed by atoms with E-state index >= 15 is 0 Å². The fraction of sp³-hybridized carbons (Fsp3) is 0.462. The molecule has 0 radical (unpaired) electrons. The summed E-state index contributed by atoms with van der Waals surface area (Å²) < 4.78 is 10.4. The summed E-state index contributed by atoms with van der Waals surface area (Å²) in [6.07, 6.45) is 1.31. The van der Waals surface area contributed by atoms with Crippen molar-refractivity contribution in [2.75, 3.05) is 25.4 Å². The Bertz CT molecular complexity index is 456. The Kier molecular flexibility index (Phi) is 2.93. The highest BCUT2D eigenvalue weighted by molar-refractivity contribution is 5.96. The molecule has 96 valence electrons. The summed E-state index contributed by atoms with van der Waals surface area (Å²) in [5.74, 6) is 0.630. The van der Waals surface area contributed by atoms with Crippen LogP contribution in [0.2, 0.25) is 0 Å². The first kappa shape index (κ1) is 11.5. The molecule has 5 heteroatoms. The number of hydroxylamine groups is 1. The number of epoxide rings is 1. The largest absolute Gasteiger partial charge is 0.494 e. The molecule has 1 atom stereocenters. The smallest absolute Gasteiger partial charge is 0.251 e. The van der Waals surface area contributed by atoms with E-state index in [1.807, 2.05) is 18.2 Å². The van der Waals surface area contributed by atoms with Gasteiger partial charge in [0.1, 0.15) is 24.1 Å². The minimum Gasteiger partial charge on any atom is -0.494 e. The quantitative estimate of drug-likeness (QED) is 0.755. The summed E-state index contributed by atoms with van der Waals surface area (Å²) in [5.41, 5.74) is 1.81. The number of aryl methyl sites for hydroxylation is 1. The van der Waals surface area contributed by atoms with Gasteiger partial charge in [-0.15, -0.1) is 0 Å². The predicted octanol–water partition coefficient (Wildman–Crippen LogP) is 1.30. The van der Waals surface area contributed by atoms with E-state index < -0.39 is 0 Å². The van der Waals surface area contributed by atoms with Gasteiger partial charge in [0.05, 0.1) is 13.7 Å². The number of para-hydroxylation sites is 1. The second-order valence-electron chi connectivity index (χ2n) is 4.41. The molecule has 1 saturated heterocycles. The molecule has 2 aliphatic heterocycles. The van der Waals surface area contributed by atoms with Gasteiger partial charge in [-0.1, -0.05) is 12.1 Å². The van der Waals surface area contributed by atoms with E-state index in [1.54, 1.807) is 7.11 Å². The number of hydrogen-bond acceptors (Lipinski definition) is 4. The van der Waals surface area contributed by atoms with Gasteiger partial charge in [0.2, 0.25) is 0 Å². The maximum Gasteiger partial charge on any atom is 0.251 e. The normalized spacial score (nSPS) is 21.7. The van der Waals surface area contributed by atoms with Crippen molar-refractivity contribution in [1.82, 2.24) is 0 Å². The maximum atomic E-state index is 12.0. The van der Waals surface area contributed by atoms with Gasteiger partial charge in [-0.3, -0.25) is 9.63 Å². The lowest BCUT2D eigenvalue weighted by atomic mass is 10.0. The molecular weight excluding hydrogens is 234 g/mol. The van der Waals surface area contributed by atoms with E-state index in [2.05, 4.69) is 0 Å². The third-order valence-corrected chi connectivity index (χ3v) is 3.13. The molecule has 0 aliphatic carbocycles. The van der Waals surface area contributed by atoms with Crippen molar-refractivity contribution in [3.8, 4) is 5.75 Å². The average Bonchev–Trinajstić information content (AvgIpc) is 3.21. The topological polar surface area (TPSA) is 51.3 Å². The lowest BCUT2D eigenvalue weighted by molar-refractivity contribution is -0.126. The van der Waals surface area contributed by atoms with Crippen LogP contribution in [-0.2, 0) is 20.8 Å². The molecule has 2 heterocycles. The Morgan fingerprint density at radius 3 is 3.00 bits per heavy atom. The summed E-state index contributed by atoms with van der Waals surface area (Å²) in [4.78, 5) is 17.5. The van der Waals surface area contributed by atoms with E-state index in [1.165, 1.54) is 5.06 Å². The van der Waals surface area contributed by atoms with Crippen LogP contribution < -0.4 is 9.80 Å². The molecule has 1 amide bonds. The van der Waals surface area contributed by atoms with Gasteiger partial charge in [0.15, 0.2) is 0 Å². The number of benzene rings is 1. The minimum absolute atomic E-state index is 0.0346. The average molecular weight is 249 g/mol. The number of carbonyl (C=O) groups excluding carboxylic acids is 1. The van der Waals surface area contributed by atoms with E-state index in [0.29, 0.717) is 25.4 Å². The minimum atomic E-state index is -0.0346. The molecule has 0 bridgehead atoms. The molecular formula is C13H15NO4. The zero-order chi connectivity index (χ0) is 12.5. The lowest BCUT2D eigenvalue weighted by Gasteiger charge is -2.29. The molecule has 18 heavy (non-hydrogen) atoms. The van der Waals surface area contributed by atoms with Crippen molar-refractivity contribution < 1.29 is 19.1 Å². The Labute approximate surface area is 105 Å². The van der Waals surface area contributed by atoms with Crippen LogP contribution in [0, 0.1) is 0 Å². The summed E-state index contributed by atoms with van der Waals surface area (Å²) in [7, 11) is 1.59. The predicted molar refractivity (Wildman–Crippen MR) is 64.5 cm³/mol. The van der Waals surface area contributed by atoms with Gasteiger partial charge in [-0.05, 0) is 18.1 Å². The van der Waals surface area contributed by atoms with Crippen LogP contribution in [-0.4, -0.2) is 32.3 Å². The zero-order valence-electron chi connectivity index (χ0n) is 10.2. The van der Waals surface area contributed by atoms with Crippen LogP contribution in [0.15, 0.2) is 18.2 Å². The number of fused-ring (bicyclic) bond motifs is 1. The zero-order valence-corrected chi connectivity index (χ0v) is 10.2. The highest BCUT2D eigenvalue weighted by Crippen LogP contribution is 2.36. The maximum absolute atomic E-state index is 12.0. The second-order valence-corrected chi connectivity index (χ2v) is 4.41. The first-order chi connectivity index (χ1) is 8.79. The Hall–Kier alpha value is -1.59. The monoisotopic (exact) mass is 249 g/mol. The number of methoxy groups -OCH3 is 1. The van der Waals surface area contributed by atoms with Crippen molar-refractivity contribution in [2.45, 2.75) is 18.9 Å². The van der Waals surface area contributed by atoms with E-state index in [9.17, 15) is 4.79 Å². The van der Waals surface area contributed by atoms with Gasteiger partial charge in [0, 0.05) is 6.42 Å². The van der Waals surface area contributed by atoms with E-state index in [4.69, 9.17) is 14.3 Å². The molecule has 0 unspecified atom stereocenters. The molecule has 0 saturated carbocycles. The number of hydrogen-bond donors (Lipinski definition) is 0. The van der Waals surface area contributed by atoms with Crippen LogP contribution in [0.5, 0.6) is 5.75 Å². The summed E-state index contributed by atoms with van der Waals surface area (Å²) in [6.45, 7) is 1.12. The fourth-order valence-corrected chi connectivity index (χ4v) is 2.09. The van der Waals surface area contributed by atoms with Crippen molar-refractivity contribution in [3.05, 3.63) is 23.8 Å². The Balaban J connectivity index is 1.90. The highest BCUT2D eigenvalue weighted by atomic mass is 16.7. The molecule has 3 rings (SSSR count). The standard InChI is InChI=1S/C13H15NO4/c1-16-11-4-2-3-9-5-6-12(15)14(13(9)11)18-8-10-7-17-10/h2-4,10H,5-8H2,1H3/t10-/m1/s1. The molecule has 0 aromatic heterocycles. The van der Waals surface area contributed by atoms with Gasteiger partial charge in [0.25, 0.3) is 5.91 Å². The summed E-state index contributed by atoms with van der Waals surface area (Å²) in [5, 5.41) is 1.36. The number of anilines is 1. The van der Waals surface area contributed by atoms with E-state index in [-0.39, 0.29) is 12.0 Å². The number of amides is 1. The van der Waals surface area contributed by atoms with Crippen molar-refractivity contribution in [2.24, 2.45) is 0 Å². The number of rotatable bonds is 4. The van der Waals surface area contributed by atoms with Crippen molar-refractivity contribution >= 4 is 11.6 Å². The summed E-state index contributed by atoms with van der Waals surface area (Å²) >= 11 is 0. The number of nitrogens with zero attached hydrogens (tertiary/aromatic N) is 1. The van der Waals surface area contributed by atoms with Crippen molar-refractivity contribution in [3.63, 3.8) is 0 Å². The van der Waals surface area contributed by atoms with Crippen LogP contribution in [0.3, 0.4) is 0 Å². The molecule has 5 nitrogen and oxygen atoms in total. The van der Waals surface area contributed by atoms with Gasteiger partial charge in [-0.25, -0.2) is 0 Å². The molecule has 1 aromatic rings. The SMILES string of the molecule is COc1cccc2c1N(OC[C@H]1CO1)C(=O)CC2. The number of ether oxygens (including phenoxy) is 2. The van der Waals surface area contributed by atoms with Gasteiger partial charge in [-0.2, -0.15) is 5.06 Å². The molecule has 1 aromatic carbocycles. The Morgan fingerprint density at radius 1 is 1.44 bits per heavy atom. The molecule has 0 spiro atoms. The van der Waals surface area contributed by atoms with Gasteiger partial charge < -0.3 is 9.47 Å². The third-order valence-electron chi connectivity index (χ3n) is 3.13. The van der Waals surface area contributed by atoms with Crippen LogP contribution >= 0.6 is 0 Å². The molecule has 1 fully saturated rings. The second kappa shape index (κ2) is 4.59. The highest BCUT2D eigenvalue weighted by Gasteiger charge is 2.31. The van der Waals surface area contributed by atoms with Crippen LogP contribution in [0.4, 0.5) is 5.69 Å². The first-order valence-corrected chi connectivity index (χ1v) is 6.03. The van der Waals surface area contributed by atoms with Crippen molar-refractivity contribution in [1.29, 1.82) is 0 Å². The van der Waals surface area contributed by atoms with Gasteiger partial charge >= 0.3 is 0 Å². The van der Waals surface area contributed by atoms with Crippen LogP contribution in [0.25, 0.3) is 0 Å². The number of carbonyl (C=O) groups is 1. The Morgan fingerprint density at radius 2 is 2.28 bits per heavy atom. The summed E-state index contributed by atoms with van der Waals surface area (Å²) in [6, 6.07) is 5.76. The lowest BCUT2D eigenvalue weighted by Crippen LogP contribution is -2.36. The fourth-order valence-electron chi connectivity index (χ4n) is 2.09. The third kappa shape index (κ3) is 2.07. The molecule has 0 N–H and O–H groups in total. The van der Waals surface area contributed by atoms with Crippen LogP contribution in [0.1, 0.15) is 12.0 Å². The molecule has 2 aliphatic rings.